The normalized spacial score (nSPS) is 11.3. The fraction of sp³-hybridized carbons (Fsp3) is 0.421. The van der Waals surface area contributed by atoms with Gasteiger partial charge < -0.3 is 24.8 Å². The molecule has 42 heavy (non-hydrogen) atoms. The molecule has 0 aliphatic rings. The number of benzene rings is 2. The Morgan fingerprint density at radius 3 is 0.929 bits per heavy atom. The van der Waals surface area contributed by atoms with Crippen LogP contribution in [0.1, 0.15) is 105 Å². The average Bonchev–Trinajstić information content (AvgIpc) is 3.51. The molecule has 0 amide bonds. The molecule has 0 aliphatic carbocycles. The van der Waals surface area contributed by atoms with E-state index in [0.29, 0.717) is 0 Å². The van der Waals surface area contributed by atoms with Crippen molar-refractivity contribution in [2.45, 2.75) is 105 Å². The van der Waals surface area contributed by atoms with Gasteiger partial charge in [0.15, 0.2) is 0 Å². The molecule has 0 bridgehead atoms. The van der Waals surface area contributed by atoms with Gasteiger partial charge >= 0.3 is 26.2 Å². The molecule has 0 saturated heterocycles. The Labute approximate surface area is 293 Å². The molecule has 4 aromatic carbocycles. The van der Waals surface area contributed by atoms with Crippen LogP contribution >= 0.6 is 0 Å². The molecule has 0 atom stereocenters. The quantitative estimate of drug-likeness (QED) is 0.223. The minimum absolute atomic E-state index is 0. The number of hydrogen-bond acceptors (Lipinski definition) is 0. The van der Waals surface area contributed by atoms with Gasteiger partial charge in [-0.1, -0.05) is 165 Å². The first kappa shape index (κ1) is 43.0. The molecule has 0 N–H and O–H groups in total. The van der Waals surface area contributed by atoms with E-state index in [-0.39, 0.29) is 82.2 Å². The van der Waals surface area contributed by atoms with Crippen molar-refractivity contribution in [1.29, 1.82) is 0 Å². The number of hydrogen-bond donors (Lipinski definition) is 0. The van der Waals surface area contributed by atoms with Gasteiger partial charge in [0, 0.05) is 0 Å². The molecule has 1 radical (unpaired) electrons. The Morgan fingerprint density at radius 2 is 0.714 bits per heavy atom. The maximum atomic E-state index is 2.28. The van der Waals surface area contributed by atoms with Crippen molar-refractivity contribution in [3.05, 3.63) is 119 Å². The van der Waals surface area contributed by atoms with E-state index in [1.165, 1.54) is 32.6 Å². The Balaban J connectivity index is 0. The first-order chi connectivity index (χ1) is 17.9. The molecule has 0 unspecified atom stereocenters. The number of rotatable bonds is 2. The fourth-order valence-corrected chi connectivity index (χ4v) is 5.96. The summed E-state index contributed by atoms with van der Waals surface area (Å²) in [5.41, 5.74) is 7.02. The molecular weight excluding hydrogens is 647 g/mol. The first-order valence-electron chi connectivity index (χ1n) is 14.4. The van der Waals surface area contributed by atoms with E-state index < -0.39 is 0 Å². The maximum absolute atomic E-state index is 2.28. The minimum atomic E-state index is 0. The smallest absolute Gasteiger partial charge is 1.00 e. The van der Waals surface area contributed by atoms with Gasteiger partial charge in [-0.15, -0.1) is 11.1 Å². The van der Waals surface area contributed by atoms with Gasteiger partial charge in [0.05, 0.1) is 0 Å². The third-order valence-electron chi connectivity index (χ3n) is 6.80. The van der Waals surface area contributed by atoms with Gasteiger partial charge in [-0.25, -0.2) is 24.3 Å². The second-order valence-corrected chi connectivity index (χ2v) is 16.3. The van der Waals surface area contributed by atoms with Crippen molar-refractivity contribution >= 4 is 19.9 Å². The molecule has 4 rings (SSSR count). The molecule has 227 valence electrons. The molecule has 4 aromatic rings. The van der Waals surface area contributed by atoms with Gasteiger partial charge in [0.2, 0.25) is 0 Å². The largest absolute Gasteiger partial charge is 4.00 e. The van der Waals surface area contributed by atoms with E-state index in [2.05, 4.69) is 180 Å². The third-order valence-corrected chi connectivity index (χ3v) is 8.23. The van der Waals surface area contributed by atoms with Crippen LogP contribution in [-0.2, 0) is 47.9 Å². The summed E-state index contributed by atoms with van der Waals surface area (Å²) in [4.78, 5) is 0. The van der Waals surface area contributed by atoms with Crippen LogP contribution in [0.3, 0.4) is 0 Å². The van der Waals surface area contributed by atoms with Crippen LogP contribution in [0.25, 0.3) is 0 Å². The summed E-state index contributed by atoms with van der Waals surface area (Å²) in [5, 5.41) is 2.90. The van der Waals surface area contributed by atoms with Crippen LogP contribution in [0.2, 0.25) is 0 Å². The molecule has 0 aliphatic heterocycles. The second-order valence-electron chi connectivity index (χ2n) is 14.7. The van der Waals surface area contributed by atoms with Crippen LogP contribution in [0, 0.1) is 0 Å². The van der Waals surface area contributed by atoms with E-state index in [1.807, 2.05) is 0 Å². The summed E-state index contributed by atoms with van der Waals surface area (Å²) in [6.45, 7) is 27.3. The molecule has 0 saturated carbocycles. The summed E-state index contributed by atoms with van der Waals surface area (Å²) >= 11 is 0. The van der Waals surface area contributed by atoms with Gasteiger partial charge in [0.25, 0.3) is 0 Å². The maximum Gasteiger partial charge on any atom is 4.00 e. The monoisotopic (exact) mass is 697 g/mol. The topological polar surface area (TPSA) is 0 Å². The molecule has 0 fully saturated rings. The number of halogens is 2. The molecule has 0 nitrogen and oxygen atoms in total. The Morgan fingerprint density at radius 1 is 0.429 bits per heavy atom. The van der Waals surface area contributed by atoms with Crippen molar-refractivity contribution in [2.75, 3.05) is 0 Å². The van der Waals surface area contributed by atoms with Crippen molar-refractivity contribution in [3.63, 3.8) is 0 Å². The zero-order valence-electron chi connectivity index (χ0n) is 28.1. The van der Waals surface area contributed by atoms with Gasteiger partial charge in [-0.05, 0) is 10.8 Å². The van der Waals surface area contributed by atoms with Crippen molar-refractivity contribution in [1.82, 2.24) is 0 Å². The molecule has 4 heteroatoms. The second kappa shape index (κ2) is 17.9. The summed E-state index contributed by atoms with van der Waals surface area (Å²) < 4.78 is 0. The molecule has 0 heterocycles. The van der Waals surface area contributed by atoms with Crippen molar-refractivity contribution in [3.8, 4) is 0 Å². The molecular formula is C38H53Cl2SiZr. The van der Waals surface area contributed by atoms with E-state index in [0.717, 1.165) is 0 Å². The van der Waals surface area contributed by atoms with Gasteiger partial charge in [-0.3, -0.25) is 0 Å². The zero-order valence-corrected chi connectivity index (χ0v) is 33.2. The SMILES string of the molecule is CC(C)(C)c1ccc[c-]1C(C)(C)C.CC(C)(C)c1ccc[c-]1C(C)(C)C.[Cl-].[Cl-].[Zr+4].c1ccc([SiH]c2ccccc2)cc1. The molecule has 0 spiro atoms. The minimum Gasteiger partial charge on any atom is -1.00 e. The average molecular weight is 700 g/mol. The standard InChI is InChI=1S/2C13H21.C12H11Si.2ClH.Zr/c2*1-12(2,3)10-8-7-9-11(10)13(4,5)6;1-3-7-11(8-4-1)13-12-9-5-2-6-10-12;;;/h2*7-9H,1-6H3;1-10,13H;2*1H;/q2*-1;;;;+4/p-2. The summed E-state index contributed by atoms with van der Waals surface area (Å²) in [6.07, 6.45) is 0. The predicted octanol–water partition coefficient (Wildman–Crippen LogP) is 3.08. The van der Waals surface area contributed by atoms with Crippen molar-refractivity contribution in [2.24, 2.45) is 0 Å². The predicted molar refractivity (Wildman–Crippen MR) is 178 cm³/mol. The van der Waals surface area contributed by atoms with Gasteiger partial charge in [0.1, 0.15) is 9.52 Å². The van der Waals surface area contributed by atoms with E-state index in [1.54, 1.807) is 0 Å². The van der Waals surface area contributed by atoms with Crippen molar-refractivity contribution < 1.29 is 51.0 Å². The van der Waals surface area contributed by atoms with Crippen LogP contribution in [-0.4, -0.2) is 9.52 Å². The fourth-order valence-electron chi connectivity index (χ4n) is 4.75. The third kappa shape index (κ3) is 14.1. The Hall–Kier alpha value is -1.18. The van der Waals surface area contributed by atoms with Crippen LogP contribution in [0.15, 0.2) is 97.1 Å². The van der Waals surface area contributed by atoms with Crippen LogP contribution in [0.5, 0.6) is 0 Å². The summed E-state index contributed by atoms with van der Waals surface area (Å²) in [6, 6.07) is 34.7. The summed E-state index contributed by atoms with van der Waals surface area (Å²) in [5.74, 6) is 0. The van der Waals surface area contributed by atoms with Gasteiger partial charge in [-0.2, -0.15) is 23.3 Å². The van der Waals surface area contributed by atoms with Crippen LogP contribution < -0.4 is 35.2 Å². The molecule has 0 aromatic heterocycles. The van der Waals surface area contributed by atoms with E-state index in [4.69, 9.17) is 0 Å². The summed E-state index contributed by atoms with van der Waals surface area (Å²) in [7, 11) is 0.271. The Kier molecular flexibility index (Phi) is 18.4. The van der Waals surface area contributed by atoms with E-state index in [9.17, 15) is 0 Å². The Bertz CT molecular complexity index is 1090. The first-order valence-corrected chi connectivity index (χ1v) is 15.5. The van der Waals surface area contributed by atoms with E-state index >= 15 is 0 Å². The zero-order chi connectivity index (χ0) is 29.5. The van der Waals surface area contributed by atoms with Crippen LogP contribution in [0.4, 0.5) is 0 Å².